The van der Waals surface area contributed by atoms with Gasteiger partial charge in [0, 0.05) is 36.3 Å². The Kier molecular flexibility index (Phi) is 6.44. The van der Waals surface area contributed by atoms with Crippen molar-refractivity contribution in [3.8, 4) is 11.5 Å². The Bertz CT molecular complexity index is 1050. The second kappa shape index (κ2) is 9.59. The van der Waals surface area contributed by atoms with Crippen molar-refractivity contribution in [2.75, 3.05) is 27.3 Å². The van der Waals surface area contributed by atoms with Crippen molar-refractivity contribution in [1.29, 1.82) is 0 Å². The minimum absolute atomic E-state index is 0.0525. The molecule has 2 N–H and O–H groups in total. The molecule has 0 atom stereocenters. The van der Waals surface area contributed by atoms with E-state index in [0.29, 0.717) is 48.2 Å². The third-order valence-corrected chi connectivity index (χ3v) is 5.65. The Balaban J connectivity index is 1.34. The highest BCUT2D eigenvalue weighted by Gasteiger charge is 2.27. The Hall–Kier alpha value is -3.75. The van der Waals surface area contributed by atoms with Crippen LogP contribution in [0.2, 0.25) is 0 Å². The largest absolute Gasteiger partial charge is 0.497 e. The molecule has 4 rings (SSSR count). The molecule has 1 saturated heterocycles. The first kappa shape index (κ1) is 21.5. The molecule has 1 aliphatic heterocycles. The summed E-state index contributed by atoms with van der Waals surface area (Å²) in [6, 6.07) is 10.5. The third-order valence-electron chi connectivity index (χ3n) is 5.65. The van der Waals surface area contributed by atoms with Crippen LogP contribution in [0.5, 0.6) is 11.5 Å². The predicted octanol–water partition coefficient (Wildman–Crippen LogP) is 2.97. The quantitative estimate of drug-likeness (QED) is 0.587. The van der Waals surface area contributed by atoms with Crippen molar-refractivity contribution in [3.05, 3.63) is 65.4 Å². The normalized spacial score (nSPS) is 14.2. The molecular formula is C23H26N4O5. The highest BCUT2D eigenvalue weighted by atomic mass is 16.5. The Labute approximate surface area is 185 Å². The monoisotopic (exact) mass is 438 g/mol. The number of H-pyrrole nitrogens is 1. The minimum Gasteiger partial charge on any atom is -0.497 e. The number of likely N-dealkylation sites (tertiary alicyclic amines) is 1. The average Bonchev–Trinajstić information content (AvgIpc) is 3.54. The molecule has 1 fully saturated rings. The van der Waals surface area contributed by atoms with E-state index in [2.05, 4.69) is 15.5 Å². The SMILES string of the molecule is COc1cc(OC)cc(C(=O)N2CCC(c3cc(C(=O)NCc4ccco4)n[nH]3)CC2)c1. The van der Waals surface area contributed by atoms with Gasteiger partial charge in [0.05, 0.1) is 27.0 Å². The molecule has 3 aromatic rings. The maximum absolute atomic E-state index is 13.0. The van der Waals surface area contributed by atoms with Crippen LogP contribution in [0, 0.1) is 0 Å². The van der Waals surface area contributed by atoms with Crippen molar-refractivity contribution >= 4 is 11.8 Å². The van der Waals surface area contributed by atoms with Crippen LogP contribution < -0.4 is 14.8 Å². The molecule has 9 heteroatoms. The summed E-state index contributed by atoms with van der Waals surface area (Å²) in [6.07, 6.45) is 3.13. The van der Waals surface area contributed by atoms with Crippen LogP contribution in [0.3, 0.4) is 0 Å². The number of nitrogens with one attached hydrogen (secondary N) is 2. The number of ether oxygens (including phenoxy) is 2. The molecule has 2 amide bonds. The zero-order chi connectivity index (χ0) is 22.5. The number of aromatic amines is 1. The summed E-state index contributed by atoms with van der Waals surface area (Å²) in [5.41, 5.74) is 1.79. The molecule has 0 bridgehead atoms. The summed E-state index contributed by atoms with van der Waals surface area (Å²) < 4.78 is 15.8. The van der Waals surface area contributed by atoms with E-state index in [1.807, 2.05) is 4.90 Å². The van der Waals surface area contributed by atoms with Crippen LogP contribution >= 0.6 is 0 Å². The first-order valence-electron chi connectivity index (χ1n) is 10.5. The molecule has 32 heavy (non-hydrogen) atoms. The van der Waals surface area contributed by atoms with Gasteiger partial charge in [-0.25, -0.2) is 0 Å². The number of amides is 2. The van der Waals surface area contributed by atoms with Gasteiger partial charge in [0.2, 0.25) is 0 Å². The van der Waals surface area contributed by atoms with Gasteiger partial charge in [-0.05, 0) is 43.2 Å². The van der Waals surface area contributed by atoms with Crippen molar-refractivity contribution in [2.24, 2.45) is 0 Å². The second-order valence-electron chi connectivity index (χ2n) is 7.64. The smallest absolute Gasteiger partial charge is 0.272 e. The topological polar surface area (TPSA) is 110 Å². The maximum atomic E-state index is 13.0. The van der Waals surface area contributed by atoms with Crippen molar-refractivity contribution in [3.63, 3.8) is 0 Å². The van der Waals surface area contributed by atoms with E-state index in [4.69, 9.17) is 13.9 Å². The lowest BCUT2D eigenvalue weighted by atomic mass is 9.93. The fourth-order valence-electron chi connectivity index (χ4n) is 3.84. The summed E-state index contributed by atoms with van der Waals surface area (Å²) in [6.45, 7) is 1.54. The molecule has 0 unspecified atom stereocenters. The van der Waals surface area contributed by atoms with E-state index in [9.17, 15) is 9.59 Å². The standard InChI is InChI=1S/C23H26N4O5/c1-30-18-10-16(11-19(12-18)31-2)23(29)27-7-5-15(6-8-27)20-13-21(26-25-20)22(28)24-14-17-4-3-9-32-17/h3-4,9-13,15H,5-8,14H2,1-2H3,(H,24,28)(H,25,26). The molecule has 0 radical (unpaired) electrons. The van der Waals surface area contributed by atoms with E-state index in [-0.39, 0.29) is 17.7 Å². The highest BCUT2D eigenvalue weighted by molar-refractivity contribution is 5.95. The molecule has 2 aromatic heterocycles. The van der Waals surface area contributed by atoms with Crippen LogP contribution in [0.25, 0.3) is 0 Å². The molecule has 1 aromatic carbocycles. The molecule has 1 aliphatic rings. The molecule has 0 saturated carbocycles. The zero-order valence-electron chi connectivity index (χ0n) is 18.1. The lowest BCUT2D eigenvalue weighted by Crippen LogP contribution is -2.38. The van der Waals surface area contributed by atoms with Crippen LogP contribution in [0.15, 0.2) is 47.1 Å². The molecule has 9 nitrogen and oxygen atoms in total. The molecule has 0 aliphatic carbocycles. The van der Waals surface area contributed by atoms with Gasteiger partial charge in [-0.1, -0.05) is 0 Å². The molecule has 0 spiro atoms. The zero-order valence-corrected chi connectivity index (χ0v) is 18.1. The van der Waals surface area contributed by atoms with Gasteiger partial charge in [0.15, 0.2) is 0 Å². The fraction of sp³-hybridized carbons (Fsp3) is 0.348. The number of methoxy groups -OCH3 is 2. The number of aromatic nitrogens is 2. The van der Waals surface area contributed by atoms with Gasteiger partial charge in [0.25, 0.3) is 11.8 Å². The van der Waals surface area contributed by atoms with E-state index < -0.39 is 0 Å². The number of piperidine rings is 1. The number of benzene rings is 1. The average molecular weight is 438 g/mol. The summed E-state index contributed by atoms with van der Waals surface area (Å²) in [5.74, 6) is 1.74. The van der Waals surface area contributed by atoms with Crippen LogP contribution in [0.4, 0.5) is 0 Å². The van der Waals surface area contributed by atoms with Crippen LogP contribution in [0.1, 0.15) is 51.1 Å². The van der Waals surface area contributed by atoms with Gasteiger partial charge >= 0.3 is 0 Å². The van der Waals surface area contributed by atoms with Gasteiger partial charge in [-0.15, -0.1) is 0 Å². The molecule has 3 heterocycles. The minimum atomic E-state index is -0.261. The van der Waals surface area contributed by atoms with Gasteiger partial charge in [-0.3, -0.25) is 14.7 Å². The van der Waals surface area contributed by atoms with Crippen LogP contribution in [-0.2, 0) is 6.54 Å². The molecular weight excluding hydrogens is 412 g/mol. The second-order valence-corrected chi connectivity index (χ2v) is 7.64. The van der Waals surface area contributed by atoms with E-state index in [1.54, 1.807) is 56.9 Å². The van der Waals surface area contributed by atoms with E-state index >= 15 is 0 Å². The first-order chi connectivity index (χ1) is 15.6. The number of hydrogen-bond acceptors (Lipinski definition) is 6. The van der Waals surface area contributed by atoms with Crippen molar-refractivity contribution in [2.45, 2.75) is 25.3 Å². The lowest BCUT2D eigenvalue weighted by molar-refractivity contribution is 0.0711. The van der Waals surface area contributed by atoms with Gasteiger partial charge in [0.1, 0.15) is 23.0 Å². The fourth-order valence-corrected chi connectivity index (χ4v) is 3.84. The Morgan fingerprint density at radius 3 is 2.50 bits per heavy atom. The lowest BCUT2D eigenvalue weighted by Gasteiger charge is -2.31. The molecule has 168 valence electrons. The highest BCUT2D eigenvalue weighted by Crippen LogP contribution is 2.29. The Morgan fingerprint density at radius 2 is 1.88 bits per heavy atom. The summed E-state index contributed by atoms with van der Waals surface area (Å²) >= 11 is 0. The number of carbonyl (C=O) groups excluding carboxylic acids is 2. The van der Waals surface area contributed by atoms with Crippen LogP contribution in [-0.4, -0.2) is 54.2 Å². The third kappa shape index (κ3) is 4.77. The maximum Gasteiger partial charge on any atom is 0.272 e. The summed E-state index contributed by atoms with van der Waals surface area (Å²) in [5, 5.41) is 9.93. The first-order valence-corrected chi connectivity index (χ1v) is 10.5. The Morgan fingerprint density at radius 1 is 1.16 bits per heavy atom. The summed E-state index contributed by atoms with van der Waals surface area (Å²) in [4.78, 5) is 27.1. The van der Waals surface area contributed by atoms with Crippen molar-refractivity contribution in [1.82, 2.24) is 20.4 Å². The van der Waals surface area contributed by atoms with E-state index in [1.165, 1.54) is 0 Å². The van der Waals surface area contributed by atoms with E-state index in [0.717, 1.165) is 18.5 Å². The summed E-state index contributed by atoms with van der Waals surface area (Å²) in [7, 11) is 3.12. The number of hydrogen-bond donors (Lipinski definition) is 2. The number of carbonyl (C=O) groups is 2. The van der Waals surface area contributed by atoms with Gasteiger partial charge < -0.3 is 24.1 Å². The predicted molar refractivity (Wildman–Crippen MR) is 116 cm³/mol. The van der Waals surface area contributed by atoms with Crippen molar-refractivity contribution < 1.29 is 23.5 Å². The number of rotatable bonds is 7. The number of furan rings is 1. The van der Waals surface area contributed by atoms with Gasteiger partial charge in [-0.2, -0.15) is 5.10 Å². The number of nitrogens with zero attached hydrogens (tertiary/aromatic N) is 2.